The second kappa shape index (κ2) is 4.39. The maximum Gasteiger partial charge on any atom is 0.145 e. The molecule has 16 heavy (non-hydrogen) atoms. The lowest BCUT2D eigenvalue weighted by atomic mass is 10.0. The van der Waals surface area contributed by atoms with Crippen molar-refractivity contribution in [2.45, 2.75) is 26.0 Å². The van der Waals surface area contributed by atoms with Gasteiger partial charge in [0.05, 0.1) is 13.2 Å². The predicted octanol–water partition coefficient (Wildman–Crippen LogP) is 1.93. The van der Waals surface area contributed by atoms with Crippen LogP contribution in [0, 0.1) is 12.7 Å². The number of benzene rings is 1. The van der Waals surface area contributed by atoms with Crippen LogP contribution in [0.1, 0.15) is 24.1 Å². The molecule has 1 atom stereocenters. The molecule has 0 unspecified atom stereocenters. The second-order valence-corrected chi connectivity index (χ2v) is 4.21. The van der Waals surface area contributed by atoms with E-state index >= 15 is 0 Å². The molecule has 0 saturated carbocycles. The van der Waals surface area contributed by atoms with E-state index in [0.29, 0.717) is 30.1 Å². The minimum Gasteiger partial charge on any atom is -0.485 e. The van der Waals surface area contributed by atoms with Gasteiger partial charge in [-0.05, 0) is 31.5 Å². The van der Waals surface area contributed by atoms with Crippen LogP contribution in [0.4, 0.5) is 4.39 Å². The molecule has 3 nitrogen and oxygen atoms in total. The fraction of sp³-hybridized carbons (Fsp3) is 0.500. The Hall–Kier alpha value is -1.13. The van der Waals surface area contributed by atoms with Crippen LogP contribution in [0.15, 0.2) is 12.1 Å². The number of nitrogens with two attached hydrogens (primary N) is 1. The van der Waals surface area contributed by atoms with E-state index in [1.165, 1.54) is 6.07 Å². The first-order valence-corrected chi connectivity index (χ1v) is 5.38. The highest BCUT2D eigenvalue weighted by Gasteiger charge is 2.22. The van der Waals surface area contributed by atoms with Gasteiger partial charge in [0.25, 0.3) is 0 Å². The van der Waals surface area contributed by atoms with Gasteiger partial charge in [-0.15, -0.1) is 0 Å². The molecule has 1 saturated heterocycles. The zero-order valence-corrected chi connectivity index (χ0v) is 9.50. The van der Waals surface area contributed by atoms with Crippen molar-refractivity contribution in [2.24, 2.45) is 5.73 Å². The van der Waals surface area contributed by atoms with E-state index in [-0.39, 0.29) is 18.0 Å². The molecule has 1 aromatic rings. The standard InChI is InChI=1S/C12H16FNO2/c1-7-3-12(16-9-5-15-6-9)10(8(2)14)4-11(7)13/h3-4,8-9H,5-6,14H2,1-2H3/t8-/m1/s1. The molecule has 0 radical (unpaired) electrons. The fourth-order valence-corrected chi connectivity index (χ4v) is 1.59. The van der Waals surface area contributed by atoms with Crippen LogP contribution in [0.25, 0.3) is 0 Å². The summed E-state index contributed by atoms with van der Waals surface area (Å²) in [6.45, 7) is 4.71. The van der Waals surface area contributed by atoms with Gasteiger partial charge in [-0.2, -0.15) is 0 Å². The van der Waals surface area contributed by atoms with Crippen LogP contribution in [0.2, 0.25) is 0 Å². The monoisotopic (exact) mass is 225 g/mol. The Bertz CT molecular complexity index is 389. The molecular formula is C12H16FNO2. The van der Waals surface area contributed by atoms with Gasteiger partial charge >= 0.3 is 0 Å². The van der Waals surface area contributed by atoms with Gasteiger partial charge < -0.3 is 15.2 Å². The largest absolute Gasteiger partial charge is 0.485 e. The Morgan fingerprint density at radius 1 is 1.50 bits per heavy atom. The van der Waals surface area contributed by atoms with E-state index in [0.717, 1.165) is 0 Å². The lowest BCUT2D eigenvalue weighted by molar-refractivity contribution is -0.0801. The highest BCUT2D eigenvalue weighted by atomic mass is 19.1. The highest BCUT2D eigenvalue weighted by Crippen LogP contribution is 2.28. The molecule has 0 bridgehead atoms. The minimum atomic E-state index is -0.246. The predicted molar refractivity (Wildman–Crippen MR) is 59.0 cm³/mol. The first-order valence-electron chi connectivity index (χ1n) is 5.38. The third-order valence-electron chi connectivity index (χ3n) is 2.68. The topological polar surface area (TPSA) is 44.5 Å². The lowest BCUT2D eigenvalue weighted by Gasteiger charge is -2.28. The van der Waals surface area contributed by atoms with E-state index in [1.807, 2.05) is 6.92 Å². The van der Waals surface area contributed by atoms with Crippen LogP contribution in [-0.2, 0) is 4.74 Å². The summed E-state index contributed by atoms with van der Waals surface area (Å²) in [4.78, 5) is 0. The first-order chi connectivity index (χ1) is 7.58. The first kappa shape index (κ1) is 11.4. The van der Waals surface area contributed by atoms with E-state index in [4.69, 9.17) is 15.2 Å². The van der Waals surface area contributed by atoms with Crippen LogP contribution < -0.4 is 10.5 Å². The summed E-state index contributed by atoms with van der Waals surface area (Å²) in [5.41, 5.74) is 7.06. The van der Waals surface area contributed by atoms with Gasteiger partial charge in [-0.25, -0.2) is 4.39 Å². The highest BCUT2D eigenvalue weighted by molar-refractivity contribution is 5.40. The Kier molecular flexibility index (Phi) is 3.12. The Balaban J connectivity index is 2.28. The molecule has 1 fully saturated rings. The van der Waals surface area contributed by atoms with Crippen LogP contribution >= 0.6 is 0 Å². The number of rotatable bonds is 3. The van der Waals surface area contributed by atoms with E-state index < -0.39 is 0 Å². The van der Waals surface area contributed by atoms with E-state index in [9.17, 15) is 4.39 Å². The maximum atomic E-state index is 13.4. The molecule has 2 rings (SSSR count). The van der Waals surface area contributed by atoms with Crippen LogP contribution in [0.3, 0.4) is 0 Å². The third-order valence-corrected chi connectivity index (χ3v) is 2.68. The number of hydrogen-bond donors (Lipinski definition) is 1. The SMILES string of the molecule is Cc1cc(OC2COC2)c([C@@H](C)N)cc1F. The molecule has 1 aliphatic rings. The van der Waals surface area contributed by atoms with Crippen LogP contribution in [0.5, 0.6) is 5.75 Å². The molecule has 0 amide bonds. The molecule has 4 heteroatoms. The minimum absolute atomic E-state index is 0.0716. The average molecular weight is 225 g/mol. The Labute approximate surface area is 94.3 Å². The van der Waals surface area contributed by atoms with Crippen molar-refractivity contribution in [1.29, 1.82) is 0 Å². The summed E-state index contributed by atoms with van der Waals surface area (Å²) >= 11 is 0. The van der Waals surface area contributed by atoms with Crippen molar-refractivity contribution in [1.82, 2.24) is 0 Å². The molecule has 2 N–H and O–H groups in total. The zero-order chi connectivity index (χ0) is 11.7. The molecule has 0 aliphatic carbocycles. The summed E-state index contributed by atoms with van der Waals surface area (Å²) in [7, 11) is 0. The molecule has 1 aliphatic heterocycles. The Morgan fingerprint density at radius 2 is 2.19 bits per heavy atom. The van der Waals surface area contributed by atoms with Crippen LogP contribution in [-0.4, -0.2) is 19.3 Å². The number of ether oxygens (including phenoxy) is 2. The molecule has 0 spiro atoms. The van der Waals surface area contributed by atoms with E-state index in [1.54, 1.807) is 13.0 Å². The average Bonchev–Trinajstić information content (AvgIpc) is 2.16. The van der Waals surface area contributed by atoms with Crippen molar-refractivity contribution in [3.63, 3.8) is 0 Å². The number of hydrogen-bond acceptors (Lipinski definition) is 3. The van der Waals surface area contributed by atoms with Gasteiger partial charge in [0.1, 0.15) is 17.7 Å². The number of aryl methyl sites for hydroxylation is 1. The summed E-state index contributed by atoms with van der Waals surface area (Å²) in [6, 6.07) is 2.91. The summed E-state index contributed by atoms with van der Waals surface area (Å²) in [6.07, 6.45) is 0.0716. The fourth-order valence-electron chi connectivity index (χ4n) is 1.59. The van der Waals surface area contributed by atoms with Crippen molar-refractivity contribution >= 4 is 0 Å². The Morgan fingerprint density at radius 3 is 2.69 bits per heavy atom. The van der Waals surface area contributed by atoms with Crippen molar-refractivity contribution in [2.75, 3.05) is 13.2 Å². The lowest BCUT2D eigenvalue weighted by Crippen LogP contribution is -2.39. The summed E-state index contributed by atoms with van der Waals surface area (Å²) in [5.74, 6) is 0.423. The second-order valence-electron chi connectivity index (χ2n) is 4.21. The molecule has 0 aromatic heterocycles. The van der Waals surface area contributed by atoms with Gasteiger partial charge in [-0.1, -0.05) is 0 Å². The molecule has 88 valence electrons. The summed E-state index contributed by atoms with van der Waals surface area (Å²) in [5, 5.41) is 0. The van der Waals surface area contributed by atoms with Crippen molar-refractivity contribution in [3.05, 3.63) is 29.1 Å². The zero-order valence-electron chi connectivity index (χ0n) is 9.50. The van der Waals surface area contributed by atoms with Crippen molar-refractivity contribution < 1.29 is 13.9 Å². The maximum absolute atomic E-state index is 13.4. The smallest absolute Gasteiger partial charge is 0.145 e. The quantitative estimate of drug-likeness (QED) is 0.854. The number of halogens is 1. The molecule has 1 heterocycles. The molecular weight excluding hydrogens is 209 g/mol. The summed E-state index contributed by atoms with van der Waals surface area (Å²) < 4.78 is 24.2. The van der Waals surface area contributed by atoms with Gasteiger partial charge in [0, 0.05) is 11.6 Å². The van der Waals surface area contributed by atoms with Crippen molar-refractivity contribution in [3.8, 4) is 5.75 Å². The van der Waals surface area contributed by atoms with Gasteiger partial charge in [0.2, 0.25) is 0 Å². The van der Waals surface area contributed by atoms with E-state index in [2.05, 4.69) is 0 Å². The normalized spacial score (nSPS) is 18.0. The van der Waals surface area contributed by atoms with Gasteiger partial charge in [0.15, 0.2) is 0 Å². The van der Waals surface area contributed by atoms with Gasteiger partial charge in [-0.3, -0.25) is 0 Å². The molecule has 1 aromatic carbocycles. The third kappa shape index (κ3) is 2.18.